The van der Waals surface area contributed by atoms with Crippen molar-refractivity contribution in [2.75, 3.05) is 6.61 Å². The minimum atomic E-state index is -1.18. The van der Waals surface area contributed by atoms with Gasteiger partial charge in [0.25, 0.3) is 0 Å². The summed E-state index contributed by atoms with van der Waals surface area (Å²) in [6.45, 7) is -0.505. The number of hydrogen-bond acceptors (Lipinski definition) is 3. The van der Waals surface area contributed by atoms with Crippen molar-refractivity contribution in [3.63, 3.8) is 0 Å². The first kappa shape index (κ1) is 10.7. The Morgan fingerprint density at radius 3 is 2.12 bits per heavy atom. The highest BCUT2D eigenvalue weighted by Gasteiger charge is 2.06. The highest BCUT2D eigenvalue weighted by atomic mass is 31.0. The summed E-state index contributed by atoms with van der Waals surface area (Å²) in [6, 6.07) is -1.13. The molecule has 0 heterocycles. The molecule has 0 bridgehead atoms. The fourth-order valence-electron chi connectivity index (χ4n) is 0.0781. The molecule has 50 valence electrons. The number of carboxylic acid groups (broad SMARTS) is 1. The molecule has 4 nitrogen and oxygen atoms in total. The number of nitrogens with two attached hydrogens (primary N) is 1. The smallest absolute Gasteiger partial charge is 0.322 e. The average molecular weight is 139 g/mol. The van der Waals surface area contributed by atoms with Gasteiger partial charge in [-0.3, -0.25) is 4.79 Å². The minimum absolute atomic E-state index is 0. The molecule has 0 radical (unpaired) electrons. The molecule has 0 aromatic carbocycles. The van der Waals surface area contributed by atoms with Gasteiger partial charge in [-0.05, 0) is 0 Å². The molecule has 0 saturated heterocycles. The molecule has 0 rings (SSSR count). The lowest BCUT2D eigenvalue weighted by molar-refractivity contribution is -0.139. The van der Waals surface area contributed by atoms with Gasteiger partial charge in [0.1, 0.15) is 6.04 Å². The van der Waals surface area contributed by atoms with Gasteiger partial charge in [-0.1, -0.05) is 0 Å². The van der Waals surface area contributed by atoms with Gasteiger partial charge >= 0.3 is 5.97 Å². The molecule has 0 spiro atoms. The molecule has 0 aromatic heterocycles. The summed E-state index contributed by atoms with van der Waals surface area (Å²) in [5.74, 6) is -1.18. The van der Waals surface area contributed by atoms with Gasteiger partial charge in [0.2, 0.25) is 0 Å². The number of aliphatic hydroxyl groups excluding tert-OH is 1. The minimum Gasteiger partial charge on any atom is -0.480 e. The van der Waals surface area contributed by atoms with Crippen molar-refractivity contribution >= 4 is 15.9 Å². The van der Waals surface area contributed by atoms with E-state index in [2.05, 4.69) is 0 Å². The van der Waals surface area contributed by atoms with Crippen LogP contribution in [0.4, 0.5) is 0 Å². The highest BCUT2D eigenvalue weighted by molar-refractivity contribution is 6.92. The molecule has 4 N–H and O–H groups in total. The average Bonchev–Trinajstić information content (AvgIpc) is 1.65. The number of rotatable bonds is 2. The molecular formula is C3H10NO3P. The van der Waals surface area contributed by atoms with Crippen molar-refractivity contribution in [1.29, 1.82) is 0 Å². The lowest BCUT2D eigenvalue weighted by atomic mass is 10.3. The van der Waals surface area contributed by atoms with Crippen LogP contribution in [0.15, 0.2) is 0 Å². The van der Waals surface area contributed by atoms with Gasteiger partial charge < -0.3 is 15.9 Å². The fraction of sp³-hybridized carbons (Fsp3) is 0.667. The third-order valence-corrected chi connectivity index (χ3v) is 0.514. The Morgan fingerprint density at radius 2 is 2.12 bits per heavy atom. The summed E-state index contributed by atoms with van der Waals surface area (Å²) in [5, 5.41) is 15.9. The number of carbonyl (C=O) groups is 1. The van der Waals surface area contributed by atoms with Crippen LogP contribution in [0.5, 0.6) is 0 Å². The van der Waals surface area contributed by atoms with E-state index in [1.807, 2.05) is 0 Å². The van der Waals surface area contributed by atoms with E-state index in [4.69, 9.17) is 15.9 Å². The number of aliphatic carboxylic acids is 1. The lowest BCUT2D eigenvalue weighted by Gasteiger charge is -1.96. The predicted molar refractivity (Wildman–Crippen MR) is 33.8 cm³/mol. The molecule has 8 heavy (non-hydrogen) atoms. The van der Waals surface area contributed by atoms with E-state index in [0.717, 1.165) is 0 Å². The normalized spacial score (nSPS) is 11.8. The van der Waals surface area contributed by atoms with Crippen LogP contribution in [0.2, 0.25) is 0 Å². The zero-order chi connectivity index (χ0) is 5.86. The second-order valence-electron chi connectivity index (χ2n) is 1.13. The quantitative estimate of drug-likeness (QED) is 0.404. The van der Waals surface area contributed by atoms with Crippen molar-refractivity contribution in [2.45, 2.75) is 6.04 Å². The van der Waals surface area contributed by atoms with E-state index < -0.39 is 18.6 Å². The summed E-state index contributed by atoms with van der Waals surface area (Å²) in [7, 11) is 0. The zero-order valence-electron chi connectivity index (χ0n) is 4.37. The van der Waals surface area contributed by atoms with Crippen LogP contribution in [-0.4, -0.2) is 28.8 Å². The summed E-state index contributed by atoms with van der Waals surface area (Å²) < 4.78 is 0. The number of aliphatic hydroxyl groups is 1. The van der Waals surface area contributed by atoms with Crippen LogP contribution in [0, 0.1) is 0 Å². The Morgan fingerprint density at radius 1 is 1.75 bits per heavy atom. The maximum Gasteiger partial charge on any atom is 0.322 e. The Kier molecular flexibility index (Phi) is 6.67. The largest absolute Gasteiger partial charge is 0.480 e. The molecule has 5 heteroatoms. The molecule has 0 aliphatic carbocycles. The third-order valence-electron chi connectivity index (χ3n) is 0.514. The van der Waals surface area contributed by atoms with Crippen LogP contribution in [-0.2, 0) is 4.79 Å². The van der Waals surface area contributed by atoms with E-state index in [0.29, 0.717) is 0 Å². The van der Waals surface area contributed by atoms with Crippen molar-refractivity contribution in [2.24, 2.45) is 5.73 Å². The Bertz CT molecular complexity index is 76.9. The van der Waals surface area contributed by atoms with E-state index in [-0.39, 0.29) is 9.90 Å². The van der Waals surface area contributed by atoms with Crippen LogP contribution in [0.25, 0.3) is 0 Å². The summed E-state index contributed by atoms with van der Waals surface area (Å²) >= 11 is 0. The van der Waals surface area contributed by atoms with Crippen LogP contribution < -0.4 is 5.73 Å². The molecule has 0 fully saturated rings. The molecule has 0 amide bonds. The third kappa shape index (κ3) is 3.99. The maximum absolute atomic E-state index is 9.65. The maximum atomic E-state index is 9.65. The molecule has 2 atom stereocenters. The standard InChI is InChI=1S/C3H7NO3.H3P/c4-2(1-5)3(6)7;/h2,5H,1,4H2,(H,6,7);1H3. The first-order valence-corrected chi connectivity index (χ1v) is 1.77. The second kappa shape index (κ2) is 4.97. The fourth-order valence-corrected chi connectivity index (χ4v) is 0.0781. The van der Waals surface area contributed by atoms with Gasteiger partial charge in [-0.25, -0.2) is 0 Å². The molecule has 2 unspecified atom stereocenters. The summed E-state index contributed by atoms with van der Waals surface area (Å²) in [6.07, 6.45) is 0. The first-order chi connectivity index (χ1) is 3.18. The number of carboxylic acids is 1. The number of hydrogen-bond donors (Lipinski definition) is 3. The SMILES string of the molecule is NC(CO)C(=O)O.P. The van der Waals surface area contributed by atoms with Gasteiger partial charge in [0.05, 0.1) is 6.61 Å². The van der Waals surface area contributed by atoms with Gasteiger partial charge in [-0.2, -0.15) is 9.90 Å². The molecule has 0 aliphatic rings. The van der Waals surface area contributed by atoms with E-state index >= 15 is 0 Å². The van der Waals surface area contributed by atoms with E-state index in [1.54, 1.807) is 0 Å². The van der Waals surface area contributed by atoms with Crippen LogP contribution in [0.3, 0.4) is 0 Å². The molecule has 0 saturated carbocycles. The van der Waals surface area contributed by atoms with Gasteiger partial charge in [0.15, 0.2) is 0 Å². The van der Waals surface area contributed by atoms with Crippen LogP contribution in [0.1, 0.15) is 0 Å². The highest BCUT2D eigenvalue weighted by Crippen LogP contribution is 1.71. The Labute approximate surface area is 50.3 Å². The molecule has 0 aliphatic heterocycles. The monoisotopic (exact) mass is 139 g/mol. The predicted octanol–water partition coefficient (Wildman–Crippen LogP) is -1.55. The lowest BCUT2D eigenvalue weighted by Crippen LogP contribution is -2.33. The van der Waals surface area contributed by atoms with Crippen molar-refractivity contribution in [3.05, 3.63) is 0 Å². The zero-order valence-corrected chi connectivity index (χ0v) is 5.79. The topological polar surface area (TPSA) is 83.5 Å². The summed E-state index contributed by atoms with van der Waals surface area (Å²) in [5.41, 5.74) is 4.77. The first-order valence-electron chi connectivity index (χ1n) is 1.77. The van der Waals surface area contributed by atoms with Crippen molar-refractivity contribution in [3.8, 4) is 0 Å². The van der Waals surface area contributed by atoms with Gasteiger partial charge in [0, 0.05) is 0 Å². The Balaban J connectivity index is 0. The van der Waals surface area contributed by atoms with Crippen molar-refractivity contribution < 1.29 is 15.0 Å². The summed E-state index contributed by atoms with van der Waals surface area (Å²) in [4.78, 5) is 9.65. The Hall–Kier alpha value is -0.180. The molecular weight excluding hydrogens is 129 g/mol. The van der Waals surface area contributed by atoms with Crippen LogP contribution >= 0.6 is 9.90 Å². The van der Waals surface area contributed by atoms with Gasteiger partial charge in [-0.15, -0.1) is 0 Å². The van der Waals surface area contributed by atoms with Crippen molar-refractivity contribution in [1.82, 2.24) is 0 Å². The molecule has 0 aromatic rings. The van der Waals surface area contributed by atoms with E-state index in [1.165, 1.54) is 0 Å². The second-order valence-corrected chi connectivity index (χ2v) is 1.13. The van der Waals surface area contributed by atoms with E-state index in [9.17, 15) is 4.79 Å².